The Morgan fingerprint density at radius 2 is 1.58 bits per heavy atom. The van der Waals surface area contributed by atoms with Gasteiger partial charge in [0.25, 0.3) is 5.91 Å². The summed E-state index contributed by atoms with van der Waals surface area (Å²) in [6.45, 7) is 4.20. The molecule has 2 heterocycles. The summed E-state index contributed by atoms with van der Waals surface area (Å²) in [6, 6.07) is 9.31. The van der Waals surface area contributed by atoms with E-state index in [0.717, 1.165) is 18.8 Å². The molecule has 2 atom stereocenters. The smallest absolute Gasteiger partial charge is 0.407 e. The van der Waals surface area contributed by atoms with E-state index in [4.69, 9.17) is 0 Å². The van der Waals surface area contributed by atoms with Crippen LogP contribution in [0.25, 0.3) is 0 Å². The van der Waals surface area contributed by atoms with Crippen LogP contribution in [-0.2, 0) is 14.4 Å². The number of carboxylic acid groups (broad SMARTS) is 1. The van der Waals surface area contributed by atoms with E-state index < -0.39 is 29.5 Å². The van der Waals surface area contributed by atoms with Crippen LogP contribution in [0.3, 0.4) is 0 Å². The van der Waals surface area contributed by atoms with Crippen molar-refractivity contribution in [2.75, 3.05) is 37.6 Å². The van der Waals surface area contributed by atoms with Gasteiger partial charge in [0.1, 0.15) is 5.54 Å². The minimum absolute atomic E-state index is 0.0677. The van der Waals surface area contributed by atoms with Crippen LogP contribution in [0.15, 0.2) is 30.3 Å². The third-order valence-electron chi connectivity index (χ3n) is 8.02. The Balaban J connectivity index is 1.40. The maximum atomic E-state index is 13.3. The van der Waals surface area contributed by atoms with Crippen LogP contribution in [-0.4, -0.2) is 88.2 Å². The van der Waals surface area contributed by atoms with Crippen LogP contribution in [0.2, 0.25) is 0 Å². The monoisotopic (exact) mass is 501 g/mol. The first-order valence-electron chi connectivity index (χ1n) is 12.6. The standard InChI is InChI=1S/C25H35N5O6/c1-17(31)26-25(23(33)27-36)11-12-30(24(34)35)21(25)18-7-9-19(10-8-18)22(32)29-15-13-28(14-16-29)20-5-3-2-4-6-20/h2-6,18-19,21,36H,7-16H2,1H3,(H,26,31)(H,27,33)(H,34,35)/t18?,19?,21?,25-/m1/s1. The van der Waals surface area contributed by atoms with Crippen LogP contribution in [0, 0.1) is 11.8 Å². The number of nitrogens with zero attached hydrogens (tertiary/aromatic N) is 3. The maximum absolute atomic E-state index is 13.3. The Bertz CT molecular complexity index is 974. The number of anilines is 1. The Hall–Kier alpha value is -3.34. The number of nitrogens with one attached hydrogen (secondary N) is 2. The lowest BCUT2D eigenvalue weighted by Gasteiger charge is -2.43. The van der Waals surface area contributed by atoms with Gasteiger partial charge >= 0.3 is 6.09 Å². The lowest BCUT2D eigenvalue weighted by atomic mass is 9.72. The zero-order valence-corrected chi connectivity index (χ0v) is 20.6. The molecule has 4 N–H and O–H groups in total. The lowest BCUT2D eigenvalue weighted by Crippen LogP contribution is -2.67. The van der Waals surface area contributed by atoms with Crippen molar-refractivity contribution < 1.29 is 29.5 Å². The number of hydrogen-bond acceptors (Lipinski definition) is 6. The number of hydroxylamine groups is 1. The van der Waals surface area contributed by atoms with E-state index in [1.165, 1.54) is 11.8 Å². The fraction of sp³-hybridized carbons (Fsp3) is 0.600. The molecule has 2 saturated heterocycles. The molecule has 0 spiro atoms. The highest BCUT2D eigenvalue weighted by Gasteiger charge is 2.58. The van der Waals surface area contributed by atoms with Gasteiger partial charge in [0.15, 0.2) is 0 Å². The van der Waals surface area contributed by atoms with Crippen molar-refractivity contribution >= 4 is 29.5 Å². The van der Waals surface area contributed by atoms with E-state index in [1.807, 2.05) is 23.1 Å². The second kappa shape index (κ2) is 10.7. The summed E-state index contributed by atoms with van der Waals surface area (Å²) in [5, 5.41) is 21.8. The van der Waals surface area contributed by atoms with E-state index in [1.54, 1.807) is 5.48 Å². The number of para-hydroxylation sites is 1. The molecule has 196 valence electrons. The third kappa shape index (κ3) is 4.97. The number of piperazine rings is 1. The number of hydrogen-bond donors (Lipinski definition) is 4. The topological polar surface area (TPSA) is 143 Å². The molecule has 36 heavy (non-hydrogen) atoms. The number of carbonyl (C=O) groups excluding carboxylic acids is 3. The Kier molecular flexibility index (Phi) is 7.67. The van der Waals surface area contributed by atoms with Gasteiger partial charge < -0.3 is 25.1 Å². The molecule has 3 aliphatic rings. The van der Waals surface area contributed by atoms with Crippen LogP contribution >= 0.6 is 0 Å². The van der Waals surface area contributed by atoms with Crippen molar-refractivity contribution in [1.82, 2.24) is 20.6 Å². The van der Waals surface area contributed by atoms with Crippen molar-refractivity contribution in [1.29, 1.82) is 0 Å². The largest absolute Gasteiger partial charge is 0.465 e. The molecule has 0 aromatic heterocycles. The van der Waals surface area contributed by atoms with Gasteiger partial charge in [-0.05, 0) is 50.2 Å². The second-order valence-electron chi connectivity index (χ2n) is 10.0. The van der Waals surface area contributed by atoms with Gasteiger partial charge in [-0.2, -0.15) is 0 Å². The molecule has 11 nitrogen and oxygen atoms in total. The minimum Gasteiger partial charge on any atom is -0.465 e. The summed E-state index contributed by atoms with van der Waals surface area (Å²) in [5.41, 5.74) is 1.23. The van der Waals surface area contributed by atoms with Crippen molar-refractivity contribution in [2.45, 2.75) is 50.6 Å². The Morgan fingerprint density at radius 3 is 2.14 bits per heavy atom. The normalized spacial score (nSPS) is 28.5. The Morgan fingerprint density at radius 1 is 0.944 bits per heavy atom. The molecule has 0 bridgehead atoms. The van der Waals surface area contributed by atoms with E-state index in [9.17, 15) is 29.5 Å². The minimum atomic E-state index is -1.55. The van der Waals surface area contributed by atoms with E-state index in [0.29, 0.717) is 38.8 Å². The van der Waals surface area contributed by atoms with E-state index in [2.05, 4.69) is 22.3 Å². The summed E-state index contributed by atoms with van der Waals surface area (Å²) in [5.74, 6) is -1.54. The molecule has 0 radical (unpaired) electrons. The highest BCUT2D eigenvalue weighted by molar-refractivity contribution is 5.92. The molecular formula is C25H35N5O6. The average molecular weight is 502 g/mol. The predicted molar refractivity (Wildman–Crippen MR) is 130 cm³/mol. The summed E-state index contributed by atoms with van der Waals surface area (Å²) >= 11 is 0. The summed E-state index contributed by atoms with van der Waals surface area (Å²) in [7, 11) is 0. The van der Waals surface area contributed by atoms with Gasteiger partial charge in [-0.1, -0.05) is 18.2 Å². The van der Waals surface area contributed by atoms with Gasteiger partial charge in [0, 0.05) is 51.3 Å². The van der Waals surface area contributed by atoms with Gasteiger partial charge in [-0.25, -0.2) is 10.3 Å². The molecule has 1 aliphatic carbocycles. The van der Waals surface area contributed by atoms with Gasteiger partial charge in [-0.15, -0.1) is 0 Å². The molecule has 1 unspecified atom stereocenters. The molecule has 11 heteroatoms. The van der Waals surface area contributed by atoms with E-state index in [-0.39, 0.29) is 30.7 Å². The van der Waals surface area contributed by atoms with Crippen molar-refractivity contribution in [2.24, 2.45) is 11.8 Å². The number of carbonyl (C=O) groups is 4. The molecule has 4 amide bonds. The number of amides is 4. The maximum Gasteiger partial charge on any atom is 0.407 e. The first-order valence-corrected chi connectivity index (χ1v) is 12.6. The molecule has 3 fully saturated rings. The predicted octanol–water partition coefficient (Wildman–Crippen LogP) is 1.27. The highest BCUT2D eigenvalue weighted by Crippen LogP contribution is 2.42. The van der Waals surface area contributed by atoms with Crippen molar-refractivity contribution in [3.05, 3.63) is 30.3 Å². The SMILES string of the molecule is CC(=O)N[C@]1(C(=O)NO)CCN(C(=O)O)C1C1CCC(C(=O)N2CCN(c3ccccc3)CC2)CC1. The molecule has 1 aromatic carbocycles. The molecule has 1 aromatic rings. The average Bonchev–Trinajstić information content (AvgIpc) is 3.28. The Labute approximate surface area is 210 Å². The van der Waals surface area contributed by atoms with Crippen molar-refractivity contribution in [3.8, 4) is 0 Å². The molecule has 4 rings (SSSR count). The van der Waals surface area contributed by atoms with Gasteiger partial charge in [-0.3, -0.25) is 19.6 Å². The van der Waals surface area contributed by atoms with Crippen LogP contribution in [0.5, 0.6) is 0 Å². The summed E-state index contributed by atoms with van der Waals surface area (Å²) < 4.78 is 0. The number of likely N-dealkylation sites (tertiary alicyclic amines) is 1. The molecule has 2 aliphatic heterocycles. The fourth-order valence-electron chi connectivity index (χ4n) is 6.34. The second-order valence-corrected chi connectivity index (χ2v) is 10.0. The van der Waals surface area contributed by atoms with Crippen LogP contribution in [0.1, 0.15) is 39.0 Å². The zero-order valence-electron chi connectivity index (χ0n) is 20.6. The fourth-order valence-corrected chi connectivity index (χ4v) is 6.34. The lowest BCUT2D eigenvalue weighted by molar-refractivity contribution is -0.142. The van der Waals surface area contributed by atoms with Crippen molar-refractivity contribution in [3.63, 3.8) is 0 Å². The van der Waals surface area contributed by atoms with Gasteiger partial charge in [0.05, 0.1) is 6.04 Å². The first kappa shape index (κ1) is 25.7. The molecule has 1 saturated carbocycles. The quantitative estimate of drug-likeness (QED) is 0.352. The molecular weight excluding hydrogens is 466 g/mol. The van der Waals surface area contributed by atoms with E-state index >= 15 is 0 Å². The summed E-state index contributed by atoms with van der Waals surface area (Å²) in [4.78, 5) is 55.4. The number of rotatable bonds is 5. The van der Waals surface area contributed by atoms with Gasteiger partial charge in [0.2, 0.25) is 11.8 Å². The van der Waals surface area contributed by atoms with Crippen LogP contribution in [0.4, 0.5) is 10.5 Å². The highest BCUT2D eigenvalue weighted by atomic mass is 16.5. The van der Waals surface area contributed by atoms with Crippen LogP contribution < -0.4 is 15.7 Å². The first-order chi connectivity index (χ1) is 17.3. The number of benzene rings is 1. The third-order valence-corrected chi connectivity index (χ3v) is 8.02. The zero-order chi connectivity index (χ0) is 25.9. The summed E-state index contributed by atoms with van der Waals surface area (Å²) in [6.07, 6.45) is 1.17.